The summed E-state index contributed by atoms with van der Waals surface area (Å²) in [5.41, 5.74) is 1.78. The van der Waals surface area contributed by atoms with Crippen LogP contribution in [0.25, 0.3) is 11.5 Å². The predicted octanol–water partition coefficient (Wildman–Crippen LogP) is 3.27. The van der Waals surface area contributed by atoms with Gasteiger partial charge in [-0.15, -0.1) is 5.10 Å². The minimum Gasteiger partial charge on any atom is -0.403 e. The maximum Gasteiger partial charge on any atom is 0.324 e. The van der Waals surface area contributed by atoms with Crippen molar-refractivity contribution < 1.29 is 14.1 Å². The molecule has 0 fully saturated rings. The van der Waals surface area contributed by atoms with Crippen molar-refractivity contribution in [3.05, 3.63) is 57.0 Å². The number of carbonyl (C=O) groups is 1. The first-order valence-corrected chi connectivity index (χ1v) is 7.31. The Bertz CT molecular complexity index is 886. The van der Waals surface area contributed by atoms with Gasteiger partial charge in [0.05, 0.1) is 9.80 Å². The smallest absolute Gasteiger partial charge is 0.324 e. The van der Waals surface area contributed by atoms with Crippen LogP contribution in [-0.2, 0) is 0 Å². The lowest BCUT2D eigenvalue weighted by Crippen LogP contribution is -2.10. The normalized spacial score (nSPS) is 10.5. The number of amides is 1. The van der Waals surface area contributed by atoms with Gasteiger partial charge in [0.1, 0.15) is 0 Å². The molecule has 0 spiro atoms. The maximum absolute atomic E-state index is 12.0. The summed E-state index contributed by atoms with van der Waals surface area (Å²) in [5.74, 6) is -0.260. The first-order valence-electron chi connectivity index (χ1n) is 6.49. The quantitative estimate of drug-likeness (QED) is 0.580. The van der Waals surface area contributed by atoms with Crippen molar-refractivity contribution in [3.8, 4) is 11.5 Å². The van der Waals surface area contributed by atoms with E-state index >= 15 is 0 Å². The van der Waals surface area contributed by atoms with E-state index in [-0.39, 0.29) is 21.8 Å². The molecule has 1 N–H and O–H groups in total. The van der Waals surface area contributed by atoms with Crippen LogP contribution in [-0.4, -0.2) is 21.0 Å². The van der Waals surface area contributed by atoms with Crippen LogP contribution in [0.15, 0.2) is 40.8 Å². The van der Waals surface area contributed by atoms with E-state index < -0.39 is 10.8 Å². The Kier molecular flexibility index (Phi) is 3.85. The van der Waals surface area contributed by atoms with Crippen LogP contribution in [0.3, 0.4) is 0 Å². The van der Waals surface area contributed by atoms with Crippen molar-refractivity contribution in [2.75, 3.05) is 5.32 Å². The van der Waals surface area contributed by atoms with Crippen molar-refractivity contribution in [1.29, 1.82) is 0 Å². The van der Waals surface area contributed by atoms with Gasteiger partial charge < -0.3 is 4.42 Å². The van der Waals surface area contributed by atoms with Gasteiger partial charge in [0.25, 0.3) is 5.91 Å². The lowest BCUT2D eigenvalue weighted by molar-refractivity contribution is -0.380. The standard InChI is InChI=1S/C14H10N4O4S/c1-8-3-2-4-9(7-8)13-16-17-14(22-13)15-12(19)10-5-6-11(23-10)18(20)21/h2-7H,1H3,(H,15,17,19). The zero-order chi connectivity index (χ0) is 16.4. The Morgan fingerprint density at radius 3 is 2.83 bits per heavy atom. The number of aryl methyl sites for hydroxylation is 1. The zero-order valence-electron chi connectivity index (χ0n) is 11.8. The molecule has 0 unspecified atom stereocenters. The number of rotatable bonds is 4. The molecule has 0 bridgehead atoms. The third-order valence-corrected chi connectivity index (χ3v) is 3.94. The van der Waals surface area contributed by atoms with Gasteiger partial charge in [-0.3, -0.25) is 20.2 Å². The minimum atomic E-state index is -0.552. The SMILES string of the molecule is Cc1cccc(-c2nnc(NC(=O)c3ccc([N+](=O)[O-])s3)o2)c1. The molecule has 0 aliphatic rings. The van der Waals surface area contributed by atoms with Gasteiger partial charge in [-0.1, -0.05) is 34.1 Å². The van der Waals surface area contributed by atoms with Crippen LogP contribution in [0.2, 0.25) is 0 Å². The molecule has 0 saturated carbocycles. The Morgan fingerprint density at radius 2 is 2.13 bits per heavy atom. The molecule has 0 aliphatic carbocycles. The Hall–Kier alpha value is -3.07. The molecule has 0 atom stereocenters. The Labute approximate surface area is 133 Å². The van der Waals surface area contributed by atoms with Crippen LogP contribution in [0.1, 0.15) is 15.2 Å². The van der Waals surface area contributed by atoms with E-state index in [2.05, 4.69) is 15.5 Å². The summed E-state index contributed by atoms with van der Waals surface area (Å²) in [6.45, 7) is 1.94. The van der Waals surface area contributed by atoms with Crippen LogP contribution in [0.4, 0.5) is 11.0 Å². The largest absolute Gasteiger partial charge is 0.403 e. The number of benzene rings is 1. The van der Waals surface area contributed by atoms with Gasteiger partial charge in [-0.05, 0) is 25.1 Å². The highest BCUT2D eigenvalue weighted by atomic mass is 32.1. The number of nitrogens with zero attached hydrogens (tertiary/aromatic N) is 3. The lowest BCUT2D eigenvalue weighted by atomic mass is 10.1. The highest BCUT2D eigenvalue weighted by Crippen LogP contribution is 2.25. The predicted molar refractivity (Wildman–Crippen MR) is 83.4 cm³/mol. The Morgan fingerprint density at radius 1 is 1.30 bits per heavy atom. The third kappa shape index (κ3) is 3.24. The molecule has 116 valence electrons. The summed E-state index contributed by atoms with van der Waals surface area (Å²) in [5, 5.41) is 20.6. The van der Waals surface area contributed by atoms with E-state index in [0.29, 0.717) is 0 Å². The number of nitro groups is 1. The van der Waals surface area contributed by atoms with Crippen molar-refractivity contribution in [1.82, 2.24) is 10.2 Å². The number of nitrogens with one attached hydrogen (secondary N) is 1. The van der Waals surface area contributed by atoms with Gasteiger partial charge in [0, 0.05) is 11.6 Å². The molecule has 23 heavy (non-hydrogen) atoms. The van der Waals surface area contributed by atoms with Crippen molar-refractivity contribution in [2.45, 2.75) is 6.92 Å². The first-order chi connectivity index (χ1) is 11.0. The number of hydrogen-bond donors (Lipinski definition) is 1. The number of carbonyl (C=O) groups excluding carboxylic acids is 1. The van der Waals surface area contributed by atoms with Crippen LogP contribution in [0.5, 0.6) is 0 Å². The average molecular weight is 330 g/mol. The van der Waals surface area contributed by atoms with Gasteiger partial charge in [0.15, 0.2) is 0 Å². The molecule has 0 radical (unpaired) electrons. The van der Waals surface area contributed by atoms with Gasteiger partial charge in [-0.2, -0.15) is 0 Å². The molecule has 1 aromatic carbocycles. The lowest BCUT2D eigenvalue weighted by Gasteiger charge is -1.97. The molecule has 2 aromatic heterocycles. The number of aromatic nitrogens is 2. The van der Waals surface area contributed by atoms with E-state index in [0.717, 1.165) is 22.5 Å². The summed E-state index contributed by atoms with van der Waals surface area (Å²) in [6.07, 6.45) is 0. The van der Waals surface area contributed by atoms with Crippen LogP contribution >= 0.6 is 11.3 Å². The van der Waals surface area contributed by atoms with E-state index in [9.17, 15) is 14.9 Å². The zero-order valence-corrected chi connectivity index (χ0v) is 12.7. The monoisotopic (exact) mass is 330 g/mol. The van der Waals surface area contributed by atoms with Crippen LogP contribution in [0, 0.1) is 17.0 Å². The summed E-state index contributed by atoms with van der Waals surface area (Å²) >= 11 is 0.773. The molecule has 3 aromatic rings. The number of anilines is 1. The molecular weight excluding hydrogens is 320 g/mol. The Balaban J connectivity index is 1.75. The summed E-state index contributed by atoms with van der Waals surface area (Å²) < 4.78 is 5.39. The molecule has 0 aliphatic heterocycles. The molecule has 9 heteroatoms. The van der Waals surface area contributed by atoms with Crippen molar-refractivity contribution in [3.63, 3.8) is 0 Å². The fourth-order valence-corrected chi connectivity index (χ4v) is 2.59. The maximum atomic E-state index is 12.0. The molecule has 1 amide bonds. The minimum absolute atomic E-state index is 0.0671. The van der Waals surface area contributed by atoms with Gasteiger partial charge in [-0.25, -0.2) is 0 Å². The average Bonchev–Trinajstić information content (AvgIpc) is 3.16. The molecule has 8 nitrogen and oxygen atoms in total. The molecule has 2 heterocycles. The van der Waals surface area contributed by atoms with E-state index in [1.54, 1.807) is 0 Å². The topological polar surface area (TPSA) is 111 Å². The first kappa shape index (κ1) is 14.9. The van der Waals surface area contributed by atoms with E-state index in [1.165, 1.54) is 12.1 Å². The summed E-state index contributed by atoms with van der Waals surface area (Å²) in [6, 6.07) is 10.1. The van der Waals surface area contributed by atoms with E-state index in [1.807, 2.05) is 31.2 Å². The fraction of sp³-hybridized carbons (Fsp3) is 0.0714. The number of hydrogen-bond acceptors (Lipinski definition) is 7. The van der Waals surface area contributed by atoms with E-state index in [4.69, 9.17) is 4.42 Å². The summed E-state index contributed by atoms with van der Waals surface area (Å²) in [7, 11) is 0. The molecular formula is C14H10N4O4S. The second-order valence-electron chi connectivity index (χ2n) is 4.63. The highest BCUT2D eigenvalue weighted by molar-refractivity contribution is 7.17. The van der Waals surface area contributed by atoms with Gasteiger partial charge >= 0.3 is 11.0 Å². The van der Waals surface area contributed by atoms with Crippen molar-refractivity contribution >= 4 is 28.3 Å². The molecule has 3 rings (SSSR count). The number of thiophene rings is 1. The van der Waals surface area contributed by atoms with Crippen LogP contribution < -0.4 is 5.32 Å². The highest BCUT2D eigenvalue weighted by Gasteiger charge is 2.17. The third-order valence-electron chi connectivity index (χ3n) is 2.91. The second kappa shape index (κ2) is 5.97. The fourth-order valence-electron chi connectivity index (χ4n) is 1.88. The molecule has 0 saturated heterocycles. The second-order valence-corrected chi connectivity index (χ2v) is 5.69. The summed E-state index contributed by atoms with van der Waals surface area (Å²) in [4.78, 5) is 22.3. The van der Waals surface area contributed by atoms with Crippen molar-refractivity contribution in [2.24, 2.45) is 0 Å². The van der Waals surface area contributed by atoms with Gasteiger partial charge in [0.2, 0.25) is 5.89 Å².